The molecule has 0 amide bonds. The van der Waals surface area contributed by atoms with Crippen molar-refractivity contribution in [1.29, 1.82) is 0 Å². The van der Waals surface area contributed by atoms with Crippen LogP contribution in [-0.2, 0) is 4.74 Å². The quantitative estimate of drug-likeness (QED) is 0.589. The smallest absolute Gasteiger partial charge is 0.252 e. The number of carbonyl (C=O) groups is 1. The molecule has 0 bridgehead atoms. The molecule has 1 aromatic rings. The Morgan fingerprint density at radius 3 is 3.06 bits per heavy atom. The molecule has 5 heteroatoms. The molecule has 86 valence electrons. The summed E-state index contributed by atoms with van der Waals surface area (Å²) in [7, 11) is 0. The van der Waals surface area contributed by atoms with E-state index >= 15 is 0 Å². The van der Waals surface area contributed by atoms with Crippen LogP contribution in [0.4, 0.5) is 10.1 Å². The summed E-state index contributed by atoms with van der Waals surface area (Å²) in [5.74, 6) is 0. The van der Waals surface area contributed by atoms with Crippen molar-refractivity contribution in [3.05, 3.63) is 29.8 Å². The molecule has 0 saturated carbocycles. The first-order valence-electron chi connectivity index (χ1n) is 4.97. The van der Waals surface area contributed by atoms with Crippen LogP contribution >= 0.6 is 11.6 Å². The van der Waals surface area contributed by atoms with Crippen molar-refractivity contribution in [1.82, 2.24) is 0 Å². The van der Waals surface area contributed by atoms with Crippen LogP contribution in [0.3, 0.4) is 0 Å². The maximum absolute atomic E-state index is 13.5. The van der Waals surface area contributed by atoms with Crippen LogP contribution in [-0.4, -0.2) is 31.3 Å². The van der Waals surface area contributed by atoms with E-state index in [4.69, 9.17) is 16.3 Å². The average Bonchev–Trinajstić information content (AvgIpc) is 2.30. The highest BCUT2D eigenvalue weighted by atomic mass is 35.5. The number of nitrogens with zero attached hydrogens (tertiary/aromatic N) is 1. The average molecular weight is 244 g/mol. The summed E-state index contributed by atoms with van der Waals surface area (Å²) in [5.41, 5.74) is 1.03. The first kappa shape index (κ1) is 11.4. The zero-order valence-electron chi connectivity index (χ0n) is 8.53. The van der Waals surface area contributed by atoms with Gasteiger partial charge in [-0.3, -0.25) is 4.79 Å². The van der Waals surface area contributed by atoms with Crippen LogP contribution in [0.2, 0.25) is 0 Å². The van der Waals surface area contributed by atoms with E-state index in [0.717, 1.165) is 0 Å². The lowest BCUT2D eigenvalue weighted by molar-refractivity contribution is 0.0496. The molecule has 1 fully saturated rings. The second-order valence-corrected chi connectivity index (χ2v) is 3.87. The Kier molecular flexibility index (Phi) is 3.41. The maximum Gasteiger partial charge on any atom is 0.252 e. The van der Waals surface area contributed by atoms with Gasteiger partial charge in [0.05, 0.1) is 13.2 Å². The molecular formula is C11H11ClFNO2. The van der Waals surface area contributed by atoms with Gasteiger partial charge in [-0.25, -0.2) is 4.39 Å². The minimum absolute atomic E-state index is 0.0546. The molecule has 1 aliphatic rings. The summed E-state index contributed by atoms with van der Waals surface area (Å²) in [6.45, 7) is 1.01. The van der Waals surface area contributed by atoms with Gasteiger partial charge in [-0.2, -0.15) is 0 Å². The Bertz CT molecular complexity index is 399. The Hall–Kier alpha value is -1.13. The zero-order chi connectivity index (χ0) is 11.5. The molecule has 1 aromatic carbocycles. The first-order valence-corrected chi connectivity index (χ1v) is 5.34. The molecule has 1 unspecified atom stereocenters. The van der Waals surface area contributed by atoms with Gasteiger partial charge >= 0.3 is 0 Å². The second kappa shape index (κ2) is 4.80. The number of rotatable bonds is 2. The Balaban J connectivity index is 2.25. The molecule has 0 radical (unpaired) electrons. The van der Waals surface area contributed by atoms with Gasteiger partial charge in [0.1, 0.15) is 0 Å². The predicted molar refractivity (Wildman–Crippen MR) is 59.7 cm³/mol. The van der Waals surface area contributed by atoms with E-state index in [0.29, 0.717) is 24.4 Å². The monoisotopic (exact) mass is 243 g/mol. The van der Waals surface area contributed by atoms with E-state index in [2.05, 4.69) is 0 Å². The summed E-state index contributed by atoms with van der Waals surface area (Å²) in [6.07, 6.45) is -1.17. The van der Waals surface area contributed by atoms with Crippen molar-refractivity contribution in [2.24, 2.45) is 0 Å². The molecule has 2 rings (SSSR count). The molecule has 1 aliphatic heterocycles. The minimum Gasteiger partial charge on any atom is -0.375 e. The Labute approximate surface area is 97.8 Å². The van der Waals surface area contributed by atoms with Gasteiger partial charge in [0, 0.05) is 17.8 Å². The summed E-state index contributed by atoms with van der Waals surface area (Å²) in [5, 5.41) is -0.537. The van der Waals surface area contributed by atoms with Gasteiger partial charge in [0.25, 0.3) is 5.24 Å². The van der Waals surface area contributed by atoms with E-state index in [-0.39, 0.29) is 6.61 Å². The fourth-order valence-electron chi connectivity index (χ4n) is 1.67. The van der Waals surface area contributed by atoms with E-state index in [1.54, 1.807) is 29.2 Å². The lowest BCUT2D eigenvalue weighted by atomic mass is 10.2. The molecule has 0 aromatic heterocycles. The minimum atomic E-state index is -1.17. The number of alkyl halides is 1. The largest absolute Gasteiger partial charge is 0.375 e. The van der Waals surface area contributed by atoms with Gasteiger partial charge in [-0.05, 0) is 29.8 Å². The number of morpholine rings is 1. The fraction of sp³-hybridized carbons (Fsp3) is 0.364. The second-order valence-electron chi connectivity index (χ2n) is 3.53. The first-order chi connectivity index (χ1) is 7.68. The topological polar surface area (TPSA) is 29.5 Å². The SMILES string of the molecule is O=C(Cl)c1cccc(N2CCOCC2F)c1. The third-order valence-corrected chi connectivity index (χ3v) is 2.69. The van der Waals surface area contributed by atoms with E-state index < -0.39 is 11.5 Å². The highest BCUT2D eigenvalue weighted by Crippen LogP contribution is 2.22. The van der Waals surface area contributed by atoms with E-state index in [1.165, 1.54) is 0 Å². The van der Waals surface area contributed by atoms with Crippen LogP contribution in [0.15, 0.2) is 24.3 Å². The van der Waals surface area contributed by atoms with Gasteiger partial charge in [-0.15, -0.1) is 0 Å². The van der Waals surface area contributed by atoms with Crippen LogP contribution < -0.4 is 4.90 Å². The molecule has 1 heterocycles. The Morgan fingerprint density at radius 2 is 2.38 bits per heavy atom. The van der Waals surface area contributed by atoms with E-state index in [1.807, 2.05) is 0 Å². The number of anilines is 1. The van der Waals surface area contributed by atoms with Crippen LogP contribution in [0.5, 0.6) is 0 Å². The third-order valence-electron chi connectivity index (χ3n) is 2.47. The van der Waals surface area contributed by atoms with Crippen molar-refractivity contribution in [2.45, 2.75) is 6.30 Å². The highest BCUT2D eigenvalue weighted by Gasteiger charge is 2.22. The summed E-state index contributed by atoms with van der Waals surface area (Å²) in [4.78, 5) is 12.6. The standard InChI is InChI=1S/C11H11ClFNO2/c12-11(15)8-2-1-3-9(6-8)14-4-5-16-7-10(14)13/h1-3,6,10H,4-5,7H2. The lowest BCUT2D eigenvalue weighted by Gasteiger charge is -2.32. The Morgan fingerprint density at radius 1 is 1.56 bits per heavy atom. The summed E-state index contributed by atoms with van der Waals surface area (Å²) >= 11 is 5.37. The van der Waals surface area contributed by atoms with Crippen LogP contribution in [0, 0.1) is 0 Å². The van der Waals surface area contributed by atoms with Crippen molar-refractivity contribution < 1.29 is 13.9 Å². The molecule has 1 atom stereocenters. The van der Waals surface area contributed by atoms with Gasteiger partial charge in [0.2, 0.25) is 0 Å². The lowest BCUT2D eigenvalue weighted by Crippen LogP contribution is -2.42. The molecular weight excluding hydrogens is 233 g/mol. The number of hydrogen-bond acceptors (Lipinski definition) is 3. The molecule has 16 heavy (non-hydrogen) atoms. The molecule has 3 nitrogen and oxygen atoms in total. The van der Waals surface area contributed by atoms with Crippen molar-refractivity contribution >= 4 is 22.5 Å². The zero-order valence-corrected chi connectivity index (χ0v) is 9.28. The van der Waals surface area contributed by atoms with Gasteiger partial charge in [-0.1, -0.05) is 6.07 Å². The van der Waals surface area contributed by atoms with E-state index in [9.17, 15) is 9.18 Å². The normalized spacial score (nSPS) is 20.9. The molecule has 0 aliphatic carbocycles. The van der Waals surface area contributed by atoms with Crippen LogP contribution in [0.25, 0.3) is 0 Å². The molecule has 0 spiro atoms. The number of benzene rings is 1. The van der Waals surface area contributed by atoms with Crippen molar-refractivity contribution in [3.63, 3.8) is 0 Å². The van der Waals surface area contributed by atoms with Crippen molar-refractivity contribution in [3.8, 4) is 0 Å². The summed E-state index contributed by atoms with van der Waals surface area (Å²) in [6, 6.07) is 6.63. The number of carbonyl (C=O) groups excluding carboxylic acids is 1. The van der Waals surface area contributed by atoms with Crippen LogP contribution in [0.1, 0.15) is 10.4 Å². The maximum atomic E-state index is 13.5. The third kappa shape index (κ3) is 2.33. The molecule has 1 saturated heterocycles. The fourth-order valence-corrected chi connectivity index (χ4v) is 1.79. The number of hydrogen-bond donors (Lipinski definition) is 0. The van der Waals surface area contributed by atoms with Gasteiger partial charge < -0.3 is 9.64 Å². The number of ether oxygens (including phenoxy) is 1. The highest BCUT2D eigenvalue weighted by molar-refractivity contribution is 6.67. The predicted octanol–water partition coefficient (Wildman–Crippen LogP) is 2.20. The summed E-state index contributed by atoms with van der Waals surface area (Å²) < 4.78 is 18.6. The number of halogens is 2. The van der Waals surface area contributed by atoms with Crippen molar-refractivity contribution in [2.75, 3.05) is 24.7 Å². The molecule has 0 N–H and O–H groups in total. The van der Waals surface area contributed by atoms with Gasteiger partial charge in [0.15, 0.2) is 6.30 Å².